The number of benzene rings is 1. The van der Waals surface area contributed by atoms with Gasteiger partial charge in [-0.25, -0.2) is 0 Å². The maximum atomic E-state index is 11.5. The van der Waals surface area contributed by atoms with Crippen molar-refractivity contribution in [1.82, 2.24) is 0 Å². The average Bonchev–Trinajstić information content (AvgIpc) is 2.10. The normalized spacial score (nSPS) is 12.8. The minimum Gasteiger partial charge on any atom is -0.398 e. The molecule has 0 aliphatic rings. The molecule has 3 N–H and O–H groups in total. The number of hydrogen-bond acceptors (Lipinski definition) is 3. The van der Waals surface area contributed by atoms with Crippen LogP contribution < -0.4 is 5.73 Å². The van der Waals surface area contributed by atoms with Crippen LogP contribution in [0.25, 0.3) is 0 Å². The summed E-state index contributed by atoms with van der Waals surface area (Å²) in [6.45, 7) is 1.76. The first kappa shape index (κ1) is 10.2. The van der Waals surface area contributed by atoms with E-state index in [0.717, 1.165) is 5.56 Å². The Morgan fingerprint density at radius 1 is 1.54 bits per heavy atom. The molecule has 1 atom stereocenters. The Morgan fingerprint density at radius 2 is 2.23 bits per heavy atom. The Kier molecular flexibility index (Phi) is 3.45. The molecule has 0 heterocycles. The van der Waals surface area contributed by atoms with Crippen LogP contribution in [0.15, 0.2) is 23.1 Å². The fraction of sp³-hybridized carbons (Fsp3) is 0.333. The van der Waals surface area contributed by atoms with E-state index in [1.807, 2.05) is 6.92 Å². The lowest BCUT2D eigenvalue weighted by molar-refractivity contribution is 0.321. The van der Waals surface area contributed by atoms with Crippen molar-refractivity contribution in [3.63, 3.8) is 0 Å². The molecule has 1 unspecified atom stereocenters. The van der Waals surface area contributed by atoms with E-state index in [0.29, 0.717) is 10.6 Å². The molecule has 3 nitrogen and oxygen atoms in total. The molecule has 1 rings (SSSR count). The summed E-state index contributed by atoms with van der Waals surface area (Å²) < 4.78 is 11.5. The highest BCUT2D eigenvalue weighted by atomic mass is 32.2. The van der Waals surface area contributed by atoms with Crippen molar-refractivity contribution in [1.29, 1.82) is 0 Å². The van der Waals surface area contributed by atoms with E-state index in [4.69, 9.17) is 10.8 Å². The second-order valence-corrected chi connectivity index (χ2v) is 4.28. The predicted molar refractivity (Wildman–Crippen MR) is 54.0 cm³/mol. The molecule has 4 heteroatoms. The molecule has 13 heavy (non-hydrogen) atoms. The van der Waals surface area contributed by atoms with Crippen molar-refractivity contribution < 1.29 is 9.32 Å². The molecular formula is C9H13NO2S. The number of aliphatic hydroxyl groups is 1. The molecule has 0 fully saturated rings. The molecule has 0 bridgehead atoms. The van der Waals surface area contributed by atoms with Crippen LogP contribution in [-0.4, -0.2) is 21.7 Å². The Balaban J connectivity index is 3.01. The maximum absolute atomic E-state index is 11.5. The SMILES string of the molecule is Cc1c(N)cccc1S(=O)CCO. The molecule has 0 radical (unpaired) electrons. The smallest absolute Gasteiger partial charge is 0.0556 e. The number of hydrogen-bond donors (Lipinski definition) is 2. The first-order valence-electron chi connectivity index (χ1n) is 4.01. The molecule has 72 valence electrons. The molecule has 0 saturated heterocycles. The molecular weight excluding hydrogens is 186 g/mol. The van der Waals surface area contributed by atoms with Crippen molar-refractivity contribution in [3.8, 4) is 0 Å². The highest BCUT2D eigenvalue weighted by molar-refractivity contribution is 7.85. The molecule has 0 spiro atoms. The molecule has 0 aliphatic heterocycles. The highest BCUT2D eigenvalue weighted by Crippen LogP contribution is 2.18. The fourth-order valence-electron chi connectivity index (χ4n) is 1.07. The Morgan fingerprint density at radius 3 is 2.85 bits per heavy atom. The summed E-state index contributed by atoms with van der Waals surface area (Å²) >= 11 is 0. The predicted octanol–water partition coefficient (Wildman–Crippen LogP) is 0.677. The Hall–Kier alpha value is -0.870. The average molecular weight is 199 g/mol. The zero-order valence-electron chi connectivity index (χ0n) is 7.49. The van der Waals surface area contributed by atoms with Gasteiger partial charge < -0.3 is 10.8 Å². The first-order valence-corrected chi connectivity index (χ1v) is 5.33. The number of nitrogens with two attached hydrogens (primary N) is 1. The van der Waals surface area contributed by atoms with Crippen LogP contribution in [0.1, 0.15) is 5.56 Å². The summed E-state index contributed by atoms with van der Waals surface area (Å²) in [5, 5.41) is 8.63. The lowest BCUT2D eigenvalue weighted by atomic mass is 10.2. The van der Waals surface area contributed by atoms with Crippen LogP contribution in [0.2, 0.25) is 0 Å². The minimum absolute atomic E-state index is 0.0686. The van der Waals surface area contributed by atoms with Gasteiger partial charge in [-0.15, -0.1) is 0 Å². The second-order valence-electron chi connectivity index (χ2n) is 2.74. The van der Waals surface area contributed by atoms with Gasteiger partial charge in [-0.05, 0) is 24.6 Å². The van der Waals surface area contributed by atoms with Gasteiger partial charge in [-0.2, -0.15) is 0 Å². The Labute approximate surface area is 80.0 Å². The summed E-state index contributed by atoms with van der Waals surface area (Å²) in [5.41, 5.74) is 7.14. The molecule has 0 amide bonds. The summed E-state index contributed by atoms with van der Waals surface area (Å²) in [7, 11) is -1.14. The van der Waals surface area contributed by atoms with Crippen LogP contribution >= 0.6 is 0 Å². The van der Waals surface area contributed by atoms with Crippen molar-refractivity contribution in [3.05, 3.63) is 23.8 Å². The van der Waals surface area contributed by atoms with Crippen LogP contribution in [0.4, 0.5) is 5.69 Å². The molecule has 0 aliphatic carbocycles. The van der Waals surface area contributed by atoms with Crippen molar-refractivity contribution in [2.75, 3.05) is 18.1 Å². The third kappa shape index (κ3) is 2.29. The third-order valence-electron chi connectivity index (χ3n) is 1.85. The largest absolute Gasteiger partial charge is 0.398 e. The van der Waals surface area contributed by atoms with Gasteiger partial charge in [0.2, 0.25) is 0 Å². The van der Waals surface area contributed by atoms with E-state index >= 15 is 0 Å². The van der Waals surface area contributed by atoms with E-state index in [-0.39, 0.29) is 12.4 Å². The van der Waals surface area contributed by atoms with Gasteiger partial charge in [0.1, 0.15) is 0 Å². The number of nitrogen functional groups attached to an aromatic ring is 1. The van der Waals surface area contributed by atoms with Gasteiger partial charge >= 0.3 is 0 Å². The number of rotatable bonds is 3. The highest BCUT2D eigenvalue weighted by Gasteiger charge is 2.07. The van der Waals surface area contributed by atoms with Gasteiger partial charge in [0.05, 0.1) is 23.2 Å². The van der Waals surface area contributed by atoms with Crippen molar-refractivity contribution in [2.45, 2.75) is 11.8 Å². The molecule has 0 saturated carbocycles. The van der Waals surface area contributed by atoms with E-state index in [1.165, 1.54) is 0 Å². The zero-order chi connectivity index (χ0) is 9.84. The minimum atomic E-state index is -1.14. The van der Waals surface area contributed by atoms with E-state index < -0.39 is 10.8 Å². The Bertz CT molecular complexity index is 325. The van der Waals surface area contributed by atoms with Crippen molar-refractivity contribution in [2.24, 2.45) is 0 Å². The van der Waals surface area contributed by atoms with Gasteiger partial charge in [0, 0.05) is 10.6 Å². The van der Waals surface area contributed by atoms with Gasteiger partial charge in [-0.3, -0.25) is 4.21 Å². The summed E-state index contributed by atoms with van der Waals surface area (Å²) in [6, 6.07) is 5.32. The standard InChI is InChI=1S/C9H13NO2S/c1-7-8(10)3-2-4-9(7)13(12)6-5-11/h2-4,11H,5-6,10H2,1H3. The van der Waals surface area contributed by atoms with E-state index in [9.17, 15) is 4.21 Å². The second kappa shape index (κ2) is 4.39. The number of aliphatic hydroxyl groups excluding tert-OH is 1. The quantitative estimate of drug-likeness (QED) is 0.703. The summed E-state index contributed by atoms with van der Waals surface area (Å²) in [6.07, 6.45) is 0. The first-order chi connectivity index (χ1) is 6.16. The monoisotopic (exact) mass is 199 g/mol. The van der Waals surface area contributed by atoms with E-state index in [2.05, 4.69) is 0 Å². The van der Waals surface area contributed by atoms with Crippen LogP contribution in [-0.2, 0) is 10.8 Å². The number of anilines is 1. The van der Waals surface area contributed by atoms with Gasteiger partial charge in [-0.1, -0.05) is 6.07 Å². The van der Waals surface area contributed by atoms with Crippen LogP contribution in [0.5, 0.6) is 0 Å². The lowest BCUT2D eigenvalue weighted by Gasteiger charge is -2.06. The van der Waals surface area contributed by atoms with Crippen LogP contribution in [0.3, 0.4) is 0 Å². The van der Waals surface area contributed by atoms with E-state index in [1.54, 1.807) is 18.2 Å². The zero-order valence-corrected chi connectivity index (χ0v) is 8.30. The summed E-state index contributed by atoms with van der Waals surface area (Å²) in [4.78, 5) is 0.717. The van der Waals surface area contributed by atoms with Crippen molar-refractivity contribution >= 4 is 16.5 Å². The third-order valence-corrected chi connectivity index (χ3v) is 3.33. The molecule has 1 aromatic carbocycles. The topological polar surface area (TPSA) is 63.3 Å². The molecule has 0 aromatic heterocycles. The molecule has 1 aromatic rings. The van der Waals surface area contributed by atoms with Crippen LogP contribution in [0, 0.1) is 6.92 Å². The summed E-state index contributed by atoms with van der Waals surface area (Å²) in [5.74, 6) is 0.268. The lowest BCUT2D eigenvalue weighted by Crippen LogP contribution is -2.05. The fourth-order valence-corrected chi connectivity index (χ4v) is 2.15. The van der Waals surface area contributed by atoms with Gasteiger partial charge in [0.15, 0.2) is 0 Å². The maximum Gasteiger partial charge on any atom is 0.0556 e. The van der Waals surface area contributed by atoms with Gasteiger partial charge in [0.25, 0.3) is 0 Å².